The first-order valence-corrected chi connectivity index (χ1v) is 9.59. The molecule has 1 N–H and O–H groups in total. The van der Waals surface area contributed by atoms with Gasteiger partial charge in [0, 0.05) is 30.1 Å². The van der Waals surface area contributed by atoms with E-state index in [1.807, 2.05) is 42.6 Å². The second-order valence-electron chi connectivity index (χ2n) is 8.27. The molecule has 4 rings (SSSR count). The maximum absolute atomic E-state index is 10.7. The Hall–Kier alpha value is -2.81. The van der Waals surface area contributed by atoms with Crippen LogP contribution in [0.15, 0.2) is 60.8 Å². The molecule has 27 heavy (non-hydrogen) atoms. The number of anilines is 2. The van der Waals surface area contributed by atoms with Crippen molar-refractivity contribution in [3.63, 3.8) is 0 Å². The summed E-state index contributed by atoms with van der Waals surface area (Å²) in [6, 6.07) is 18.4. The van der Waals surface area contributed by atoms with E-state index < -0.39 is 0 Å². The fourth-order valence-electron chi connectivity index (χ4n) is 3.74. The summed E-state index contributed by atoms with van der Waals surface area (Å²) in [5.74, 6) is 1.27. The number of phenols is 1. The van der Waals surface area contributed by atoms with E-state index in [1.165, 1.54) is 11.1 Å². The minimum atomic E-state index is 0.0790. The van der Waals surface area contributed by atoms with Crippen molar-refractivity contribution in [2.45, 2.75) is 39.0 Å². The molecule has 0 saturated carbocycles. The molecule has 3 heteroatoms. The quantitative estimate of drug-likeness (QED) is 0.625. The van der Waals surface area contributed by atoms with Crippen LogP contribution in [0.25, 0.3) is 11.1 Å². The minimum Gasteiger partial charge on any atom is -0.507 e. The number of hydrogen-bond acceptors (Lipinski definition) is 3. The molecule has 0 aliphatic carbocycles. The number of benzene rings is 2. The first kappa shape index (κ1) is 17.6. The summed E-state index contributed by atoms with van der Waals surface area (Å²) < 4.78 is 0. The number of hydrogen-bond donors (Lipinski definition) is 1. The van der Waals surface area contributed by atoms with Crippen molar-refractivity contribution in [2.75, 3.05) is 11.4 Å². The van der Waals surface area contributed by atoms with Gasteiger partial charge in [-0.3, -0.25) is 0 Å². The van der Waals surface area contributed by atoms with Crippen LogP contribution in [-0.2, 0) is 11.8 Å². The van der Waals surface area contributed by atoms with Gasteiger partial charge < -0.3 is 10.0 Å². The minimum absolute atomic E-state index is 0.0790. The van der Waals surface area contributed by atoms with Gasteiger partial charge in [0.25, 0.3) is 0 Å². The highest BCUT2D eigenvalue weighted by atomic mass is 16.3. The maximum atomic E-state index is 10.7. The monoisotopic (exact) mass is 358 g/mol. The van der Waals surface area contributed by atoms with Crippen molar-refractivity contribution in [1.29, 1.82) is 0 Å². The van der Waals surface area contributed by atoms with Crippen LogP contribution in [0.1, 0.15) is 38.3 Å². The van der Waals surface area contributed by atoms with Crippen molar-refractivity contribution in [3.05, 3.63) is 71.9 Å². The fourth-order valence-corrected chi connectivity index (χ4v) is 3.74. The van der Waals surface area contributed by atoms with Crippen molar-refractivity contribution in [1.82, 2.24) is 4.98 Å². The number of pyridine rings is 1. The predicted octanol–water partition coefficient (Wildman–Crippen LogP) is 5.84. The van der Waals surface area contributed by atoms with Gasteiger partial charge in [-0.2, -0.15) is 0 Å². The molecule has 0 amide bonds. The van der Waals surface area contributed by atoms with Crippen LogP contribution in [0.5, 0.6) is 5.75 Å². The lowest BCUT2D eigenvalue weighted by atomic mass is 9.87. The summed E-state index contributed by atoms with van der Waals surface area (Å²) >= 11 is 0. The van der Waals surface area contributed by atoms with Crippen molar-refractivity contribution in [3.8, 4) is 16.9 Å². The van der Waals surface area contributed by atoms with Gasteiger partial charge in [0.2, 0.25) is 0 Å². The molecule has 1 aliphatic rings. The number of nitrogens with zero attached hydrogens (tertiary/aromatic N) is 2. The number of aryl methyl sites for hydroxylation is 1. The third-order valence-corrected chi connectivity index (χ3v) is 5.29. The molecule has 138 valence electrons. The van der Waals surface area contributed by atoms with Crippen LogP contribution in [0.2, 0.25) is 0 Å². The summed E-state index contributed by atoms with van der Waals surface area (Å²) in [7, 11) is 0. The molecule has 2 heterocycles. The third kappa shape index (κ3) is 3.42. The Morgan fingerprint density at radius 1 is 1.00 bits per heavy atom. The molecule has 0 saturated heterocycles. The first-order chi connectivity index (χ1) is 12.9. The number of fused-ring (bicyclic) bond motifs is 1. The Morgan fingerprint density at radius 2 is 1.78 bits per heavy atom. The Morgan fingerprint density at radius 3 is 2.52 bits per heavy atom. The molecule has 3 nitrogen and oxygen atoms in total. The first-order valence-electron chi connectivity index (χ1n) is 9.59. The van der Waals surface area contributed by atoms with Crippen molar-refractivity contribution in [2.24, 2.45) is 0 Å². The van der Waals surface area contributed by atoms with Gasteiger partial charge in [0.1, 0.15) is 11.6 Å². The van der Waals surface area contributed by atoms with E-state index in [-0.39, 0.29) is 5.41 Å². The van der Waals surface area contributed by atoms with Crippen LogP contribution in [-0.4, -0.2) is 16.6 Å². The Balaban J connectivity index is 1.78. The van der Waals surface area contributed by atoms with Gasteiger partial charge >= 0.3 is 0 Å². The average molecular weight is 358 g/mol. The zero-order valence-electron chi connectivity index (χ0n) is 16.2. The highest BCUT2D eigenvalue weighted by molar-refractivity contribution is 5.78. The van der Waals surface area contributed by atoms with Crippen LogP contribution in [0, 0.1) is 0 Å². The summed E-state index contributed by atoms with van der Waals surface area (Å²) in [4.78, 5) is 6.87. The second-order valence-corrected chi connectivity index (χ2v) is 8.27. The topological polar surface area (TPSA) is 36.4 Å². The zero-order valence-corrected chi connectivity index (χ0v) is 16.2. The lowest BCUT2D eigenvalue weighted by Gasteiger charge is -2.32. The molecule has 0 bridgehead atoms. The maximum Gasteiger partial charge on any atom is 0.133 e. The van der Waals surface area contributed by atoms with Crippen LogP contribution >= 0.6 is 0 Å². The number of phenolic OH excluding ortho intramolecular Hbond substituents is 1. The molecular weight excluding hydrogens is 332 g/mol. The van der Waals surface area contributed by atoms with Gasteiger partial charge in [-0.1, -0.05) is 51.1 Å². The second kappa shape index (κ2) is 6.73. The van der Waals surface area contributed by atoms with E-state index in [0.29, 0.717) is 5.75 Å². The van der Waals surface area contributed by atoms with Gasteiger partial charge in [0.15, 0.2) is 0 Å². The molecule has 1 aromatic heterocycles. The Kier molecular flexibility index (Phi) is 4.39. The largest absolute Gasteiger partial charge is 0.507 e. The molecule has 2 aromatic carbocycles. The Bertz CT molecular complexity index is 958. The lowest BCUT2D eigenvalue weighted by Crippen LogP contribution is -2.26. The lowest BCUT2D eigenvalue weighted by molar-refractivity contribution is 0.477. The van der Waals surface area contributed by atoms with E-state index in [0.717, 1.165) is 42.0 Å². The number of aromatic hydroxyl groups is 1. The van der Waals surface area contributed by atoms with E-state index in [2.05, 4.69) is 48.9 Å². The van der Waals surface area contributed by atoms with E-state index >= 15 is 0 Å². The van der Waals surface area contributed by atoms with Crippen molar-refractivity contribution >= 4 is 11.5 Å². The summed E-state index contributed by atoms with van der Waals surface area (Å²) in [5, 5.41) is 10.7. The zero-order chi connectivity index (χ0) is 19.0. The number of rotatable bonds is 2. The van der Waals surface area contributed by atoms with Crippen LogP contribution < -0.4 is 4.90 Å². The summed E-state index contributed by atoms with van der Waals surface area (Å²) in [5.41, 5.74) is 5.62. The van der Waals surface area contributed by atoms with E-state index in [9.17, 15) is 5.11 Å². The number of aromatic nitrogens is 1. The fraction of sp³-hybridized carbons (Fsp3) is 0.292. The normalized spacial score (nSPS) is 14.1. The van der Waals surface area contributed by atoms with Crippen LogP contribution in [0.4, 0.5) is 11.5 Å². The van der Waals surface area contributed by atoms with Gasteiger partial charge in [0.05, 0.1) is 0 Å². The van der Waals surface area contributed by atoms with Gasteiger partial charge in [-0.05, 0) is 53.1 Å². The van der Waals surface area contributed by atoms with Gasteiger partial charge in [-0.25, -0.2) is 4.98 Å². The molecule has 0 spiro atoms. The average Bonchev–Trinajstić information content (AvgIpc) is 2.67. The standard InChI is InChI=1S/C24H26N2O/c1-24(2,3)19-11-12-25-23(15-19)26-13-7-10-18-14-20(22(27)16-21(18)26)17-8-5-4-6-9-17/h4-6,8-9,11-12,14-16,27H,7,10,13H2,1-3H3. The molecule has 0 atom stereocenters. The molecule has 0 fully saturated rings. The summed E-state index contributed by atoms with van der Waals surface area (Å²) in [6.07, 6.45) is 3.99. The molecule has 3 aromatic rings. The van der Waals surface area contributed by atoms with Crippen LogP contribution in [0.3, 0.4) is 0 Å². The third-order valence-electron chi connectivity index (χ3n) is 5.29. The highest BCUT2D eigenvalue weighted by Gasteiger charge is 2.23. The summed E-state index contributed by atoms with van der Waals surface area (Å²) in [6.45, 7) is 7.56. The molecule has 1 aliphatic heterocycles. The molecular formula is C24H26N2O. The predicted molar refractivity (Wildman–Crippen MR) is 112 cm³/mol. The van der Waals surface area contributed by atoms with Gasteiger partial charge in [-0.15, -0.1) is 0 Å². The van der Waals surface area contributed by atoms with Crippen molar-refractivity contribution < 1.29 is 5.11 Å². The SMILES string of the molecule is CC(C)(C)c1ccnc(N2CCCc3cc(-c4ccccc4)c(O)cc32)c1. The molecule has 0 unspecified atom stereocenters. The Labute approximate surface area is 161 Å². The smallest absolute Gasteiger partial charge is 0.133 e. The van der Waals surface area contributed by atoms with E-state index in [1.54, 1.807) is 0 Å². The molecule has 0 radical (unpaired) electrons. The van der Waals surface area contributed by atoms with E-state index in [4.69, 9.17) is 0 Å². The highest BCUT2D eigenvalue weighted by Crippen LogP contribution is 2.41.